The number of carbonyl (C=O) groups excluding carboxylic acids is 2. The number of nitrogens with zero attached hydrogens (tertiary/aromatic N) is 1. The zero-order valence-electron chi connectivity index (χ0n) is 15.6. The monoisotopic (exact) mass is 361 g/mol. The minimum atomic E-state index is -0.625. The molecule has 0 aliphatic heterocycles. The number of benzene rings is 1. The van der Waals surface area contributed by atoms with Crippen molar-refractivity contribution in [2.45, 2.75) is 58.3 Å². The normalized spacial score (nSPS) is 11.8. The van der Waals surface area contributed by atoms with Gasteiger partial charge in [-0.2, -0.15) is 5.26 Å². The van der Waals surface area contributed by atoms with Crippen molar-refractivity contribution in [1.82, 2.24) is 10.6 Å². The van der Waals surface area contributed by atoms with E-state index in [1.807, 2.05) is 36.4 Å². The number of amides is 2. The van der Waals surface area contributed by atoms with E-state index in [0.717, 1.165) is 5.56 Å². The predicted octanol–water partition coefficient (Wildman–Crippen LogP) is 3.50. The van der Waals surface area contributed by atoms with E-state index in [-0.39, 0.29) is 6.61 Å². The fraction of sp³-hybridized carbons (Fsp3) is 0.526. The Morgan fingerprint density at radius 3 is 2.46 bits per heavy atom. The van der Waals surface area contributed by atoms with Crippen LogP contribution in [0.1, 0.15) is 45.6 Å². The molecule has 2 amide bonds. The first-order valence-electron chi connectivity index (χ1n) is 8.64. The van der Waals surface area contributed by atoms with Gasteiger partial charge in [-0.1, -0.05) is 30.3 Å². The van der Waals surface area contributed by atoms with E-state index < -0.39 is 23.8 Å². The van der Waals surface area contributed by atoms with Crippen molar-refractivity contribution in [2.75, 3.05) is 6.54 Å². The lowest BCUT2D eigenvalue weighted by Crippen LogP contribution is -2.35. The van der Waals surface area contributed by atoms with Crippen LogP contribution < -0.4 is 10.6 Å². The van der Waals surface area contributed by atoms with Crippen LogP contribution in [0.4, 0.5) is 9.59 Å². The van der Waals surface area contributed by atoms with Crippen LogP contribution in [0.3, 0.4) is 0 Å². The summed E-state index contributed by atoms with van der Waals surface area (Å²) in [7, 11) is 0. The summed E-state index contributed by atoms with van der Waals surface area (Å²) in [4.78, 5) is 23.2. The Labute approximate surface area is 154 Å². The largest absolute Gasteiger partial charge is 0.445 e. The first-order valence-corrected chi connectivity index (χ1v) is 8.64. The maximum Gasteiger partial charge on any atom is 0.408 e. The van der Waals surface area contributed by atoms with Gasteiger partial charge >= 0.3 is 12.2 Å². The van der Waals surface area contributed by atoms with Crippen LogP contribution in [0.25, 0.3) is 0 Å². The van der Waals surface area contributed by atoms with Gasteiger partial charge in [-0.15, -0.1) is 0 Å². The van der Waals surface area contributed by atoms with E-state index >= 15 is 0 Å². The Morgan fingerprint density at radius 2 is 1.85 bits per heavy atom. The van der Waals surface area contributed by atoms with Gasteiger partial charge in [-0.25, -0.2) is 9.59 Å². The number of rotatable bonds is 8. The lowest BCUT2D eigenvalue weighted by atomic mass is 10.1. The number of ether oxygens (including phenoxy) is 2. The van der Waals surface area contributed by atoms with E-state index in [1.54, 1.807) is 20.8 Å². The maximum absolute atomic E-state index is 11.7. The zero-order valence-corrected chi connectivity index (χ0v) is 15.6. The van der Waals surface area contributed by atoms with Gasteiger partial charge in [0.05, 0.1) is 6.07 Å². The highest BCUT2D eigenvalue weighted by molar-refractivity contribution is 5.68. The molecule has 0 aliphatic carbocycles. The van der Waals surface area contributed by atoms with Crippen molar-refractivity contribution in [3.05, 3.63) is 35.9 Å². The fourth-order valence-corrected chi connectivity index (χ4v) is 2.05. The Balaban J connectivity index is 2.17. The lowest BCUT2D eigenvalue weighted by molar-refractivity contribution is 0.0527. The highest BCUT2D eigenvalue weighted by Gasteiger charge is 2.16. The van der Waals surface area contributed by atoms with Gasteiger partial charge in [0.25, 0.3) is 0 Å². The second-order valence-electron chi connectivity index (χ2n) is 6.81. The molecule has 7 heteroatoms. The summed E-state index contributed by atoms with van der Waals surface area (Å²) in [5.74, 6) is 0. The summed E-state index contributed by atoms with van der Waals surface area (Å²) in [6.45, 7) is 6.00. The van der Waals surface area contributed by atoms with Crippen LogP contribution in [-0.2, 0) is 16.1 Å². The minimum Gasteiger partial charge on any atom is -0.445 e. The van der Waals surface area contributed by atoms with Gasteiger partial charge in [0, 0.05) is 6.54 Å². The number of nitrogens with one attached hydrogen (secondary N) is 2. The Kier molecular flexibility index (Phi) is 8.99. The van der Waals surface area contributed by atoms with Gasteiger partial charge in [-0.3, -0.25) is 0 Å². The molecule has 0 radical (unpaired) electrons. The molecular weight excluding hydrogens is 334 g/mol. The topological polar surface area (TPSA) is 100 Å². The number of nitriles is 1. The van der Waals surface area contributed by atoms with Crippen molar-refractivity contribution < 1.29 is 19.1 Å². The fourth-order valence-electron chi connectivity index (χ4n) is 2.05. The van der Waals surface area contributed by atoms with Crippen LogP contribution >= 0.6 is 0 Å². The highest BCUT2D eigenvalue weighted by Crippen LogP contribution is 2.07. The van der Waals surface area contributed by atoms with E-state index in [0.29, 0.717) is 25.8 Å². The standard InChI is InChI=1S/C19H27N3O4/c1-19(2,3)26-17(23)21-12-8-7-11-16(13-20)22-18(24)25-14-15-9-5-4-6-10-15/h4-6,9-10,16H,7-8,11-12,14H2,1-3H3,(H,21,23)(H,22,24)/t16-/m0/s1. The number of alkyl carbamates (subject to hydrolysis) is 2. The van der Waals surface area contributed by atoms with Crippen LogP contribution in [-0.4, -0.2) is 30.4 Å². The molecule has 2 N–H and O–H groups in total. The number of hydrogen-bond acceptors (Lipinski definition) is 5. The average molecular weight is 361 g/mol. The zero-order chi connectivity index (χ0) is 19.4. The van der Waals surface area contributed by atoms with Gasteiger partial charge < -0.3 is 20.1 Å². The van der Waals surface area contributed by atoms with Crippen LogP contribution in [0.5, 0.6) is 0 Å². The Morgan fingerprint density at radius 1 is 1.15 bits per heavy atom. The second kappa shape index (κ2) is 11.0. The van der Waals surface area contributed by atoms with Gasteiger partial charge in [0.15, 0.2) is 0 Å². The number of carbonyl (C=O) groups is 2. The molecule has 0 unspecified atom stereocenters. The molecule has 26 heavy (non-hydrogen) atoms. The smallest absolute Gasteiger partial charge is 0.408 e. The van der Waals surface area contributed by atoms with Crippen LogP contribution in [0.2, 0.25) is 0 Å². The van der Waals surface area contributed by atoms with E-state index in [1.165, 1.54) is 0 Å². The van der Waals surface area contributed by atoms with E-state index in [2.05, 4.69) is 10.6 Å². The molecule has 7 nitrogen and oxygen atoms in total. The van der Waals surface area contributed by atoms with Crippen molar-refractivity contribution in [1.29, 1.82) is 5.26 Å². The maximum atomic E-state index is 11.7. The predicted molar refractivity (Wildman–Crippen MR) is 97.3 cm³/mol. The SMILES string of the molecule is CC(C)(C)OC(=O)NCCCC[C@@H](C#N)NC(=O)OCc1ccccc1. The van der Waals surface area contributed by atoms with E-state index in [9.17, 15) is 9.59 Å². The van der Waals surface area contributed by atoms with Crippen molar-refractivity contribution in [2.24, 2.45) is 0 Å². The first-order chi connectivity index (χ1) is 12.3. The summed E-state index contributed by atoms with van der Waals surface area (Å²) in [6, 6.07) is 10.7. The molecule has 0 aliphatic rings. The first kappa shape index (κ1) is 21.3. The Hall–Kier alpha value is -2.75. The van der Waals surface area contributed by atoms with Crippen LogP contribution in [0, 0.1) is 11.3 Å². The average Bonchev–Trinajstić information content (AvgIpc) is 2.58. The molecule has 142 valence electrons. The van der Waals surface area contributed by atoms with Gasteiger partial charge in [0.2, 0.25) is 0 Å². The summed E-state index contributed by atoms with van der Waals surface area (Å²) < 4.78 is 10.2. The minimum absolute atomic E-state index is 0.157. The quantitative estimate of drug-likeness (QED) is 0.690. The van der Waals surface area contributed by atoms with Gasteiger partial charge in [0.1, 0.15) is 18.2 Å². The molecule has 0 bridgehead atoms. The summed E-state index contributed by atoms with van der Waals surface area (Å²) >= 11 is 0. The third-order valence-electron chi connectivity index (χ3n) is 3.25. The molecule has 0 heterocycles. The molecule has 0 saturated carbocycles. The van der Waals surface area contributed by atoms with E-state index in [4.69, 9.17) is 14.7 Å². The molecule has 0 fully saturated rings. The second-order valence-corrected chi connectivity index (χ2v) is 6.81. The Bertz CT molecular complexity index is 605. The van der Waals surface area contributed by atoms with Crippen LogP contribution in [0.15, 0.2) is 30.3 Å². The molecule has 0 saturated heterocycles. The summed E-state index contributed by atoms with van der Waals surface area (Å²) in [5.41, 5.74) is 0.351. The number of hydrogen-bond donors (Lipinski definition) is 2. The summed E-state index contributed by atoms with van der Waals surface area (Å²) in [6.07, 6.45) is 0.752. The van der Waals surface area contributed by atoms with Gasteiger partial charge in [-0.05, 0) is 45.6 Å². The molecule has 0 spiro atoms. The number of unbranched alkanes of at least 4 members (excludes halogenated alkanes) is 1. The molecule has 0 aromatic heterocycles. The molecular formula is C19H27N3O4. The third-order valence-corrected chi connectivity index (χ3v) is 3.25. The summed E-state index contributed by atoms with van der Waals surface area (Å²) in [5, 5.41) is 14.3. The highest BCUT2D eigenvalue weighted by atomic mass is 16.6. The van der Waals surface area contributed by atoms with Crippen molar-refractivity contribution >= 4 is 12.2 Å². The molecule has 1 aromatic rings. The van der Waals surface area contributed by atoms with Crippen molar-refractivity contribution in [3.8, 4) is 6.07 Å². The molecule has 1 rings (SSSR count). The lowest BCUT2D eigenvalue weighted by Gasteiger charge is -2.19. The molecule has 1 atom stereocenters. The third kappa shape index (κ3) is 10.2. The van der Waals surface area contributed by atoms with Crippen molar-refractivity contribution in [3.63, 3.8) is 0 Å². The molecule has 1 aromatic carbocycles.